The molecule has 0 amide bonds. The molecule has 9 rings (SSSR count). The number of nitrogens with zero attached hydrogens (tertiary/aromatic N) is 3. The monoisotopic (exact) mass is 1050 g/mol. The van der Waals surface area contributed by atoms with Crippen molar-refractivity contribution < 1.29 is 35.4 Å². The van der Waals surface area contributed by atoms with Crippen LogP contribution in [0.4, 0.5) is 22.7 Å². The molecule has 10 nitrogen and oxygen atoms in total. The minimum absolute atomic E-state index is 0.280. The second kappa shape index (κ2) is 23.4. The van der Waals surface area contributed by atoms with Crippen molar-refractivity contribution in [2.75, 3.05) is 54.0 Å². The van der Waals surface area contributed by atoms with E-state index in [1.807, 2.05) is 12.1 Å². The van der Waals surface area contributed by atoms with Crippen LogP contribution in [-0.2, 0) is 31.1 Å². The highest BCUT2D eigenvalue weighted by molar-refractivity contribution is 7.85. The van der Waals surface area contributed by atoms with E-state index >= 15 is 0 Å². The molecule has 12 heteroatoms. The van der Waals surface area contributed by atoms with Crippen LogP contribution in [-0.4, -0.2) is 80.5 Å². The number of allylic oxidation sites excluding steroid dienone is 7. The summed E-state index contributed by atoms with van der Waals surface area (Å²) in [5.74, 6) is -0.778. The van der Waals surface area contributed by atoms with E-state index in [1.165, 1.54) is 52.7 Å². The number of unbranched alkanes of at least 4 members (excludes halogenated alkanes) is 2. The van der Waals surface area contributed by atoms with Gasteiger partial charge in [-0.25, -0.2) is 16.8 Å². The van der Waals surface area contributed by atoms with Gasteiger partial charge in [0.05, 0.1) is 51.0 Å². The Balaban J connectivity index is 0.000000997. The molecule has 1 N–H and O–H groups in total. The van der Waals surface area contributed by atoms with Gasteiger partial charge in [0.1, 0.15) is 6.54 Å². The van der Waals surface area contributed by atoms with E-state index in [0.717, 1.165) is 63.5 Å². The smallest absolute Gasteiger partial charge is 0.210 e. The first kappa shape index (κ1) is 55.1. The molecule has 2 heterocycles. The zero-order valence-corrected chi connectivity index (χ0v) is 46.4. The Morgan fingerprint density at radius 2 is 1.13 bits per heavy atom. The maximum Gasteiger partial charge on any atom is 0.210 e. The topological polar surface area (TPSA) is 128 Å². The van der Waals surface area contributed by atoms with Crippen LogP contribution in [0.25, 0.3) is 21.5 Å². The number of fused-ring (bicyclic) bond motifs is 6. The van der Waals surface area contributed by atoms with Gasteiger partial charge in [-0.05, 0) is 147 Å². The van der Waals surface area contributed by atoms with E-state index < -0.39 is 31.1 Å². The average molecular weight is 1050 g/mol. The number of hydrogen-bond donors (Lipinski definition) is 1. The van der Waals surface area contributed by atoms with Crippen LogP contribution in [0, 0.1) is 0 Å². The summed E-state index contributed by atoms with van der Waals surface area (Å²) in [6, 6.07) is 46.4. The molecule has 0 radical (unpaired) electrons. The Bertz CT molecular complexity index is 3360. The molecule has 1 aliphatic carbocycles. The van der Waals surface area contributed by atoms with Gasteiger partial charge in [-0.1, -0.05) is 117 Å². The summed E-state index contributed by atoms with van der Waals surface area (Å²) in [5.41, 5.74) is 11.5. The molecule has 3 aliphatic rings. The third-order valence-electron chi connectivity index (χ3n) is 15.5. The SMILES string of the molecule is CC1(C)C(/C=C/C2=C(N(c3ccccc3)c3ccccc3)C(=C/C=C3/N(CCCCS(=O)(=O)[O-])c4ccc5ccccc5c4C3(C)C)/CC2)=[N+](CCCCS(=O)(=O)[O-])c2ccc3ccccc3c21.CC[NH+](CC)CC. The van der Waals surface area contributed by atoms with Crippen molar-refractivity contribution in [1.29, 1.82) is 0 Å². The van der Waals surface area contributed by atoms with Crippen molar-refractivity contribution in [3.05, 3.63) is 191 Å². The molecule has 0 unspecified atom stereocenters. The number of anilines is 3. The Hall–Kier alpha value is -6.15. The van der Waals surface area contributed by atoms with E-state index in [4.69, 9.17) is 0 Å². The Labute approximate surface area is 446 Å². The van der Waals surface area contributed by atoms with E-state index in [2.05, 4.69) is 208 Å². The molecule has 0 bridgehead atoms. The highest BCUT2D eigenvalue weighted by Gasteiger charge is 2.46. The molecule has 0 atom stereocenters. The summed E-state index contributed by atoms with van der Waals surface area (Å²) in [6.07, 6.45) is 12.3. The average Bonchev–Trinajstić information content (AvgIpc) is 3.97. The number of para-hydroxylation sites is 2. The lowest BCUT2D eigenvalue weighted by molar-refractivity contribution is -0.894. The molecule has 0 saturated heterocycles. The van der Waals surface area contributed by atoms with E-state index in [9.17, 15) is 25.9 Å². The summed E-state index contributed by atoms with van der Waals surface area (Å²) in [7, 11) is -8.66. The van der Waals surface area contributed by atoms with Crippen LogP contribution >= 0.6 is 0 Å². The predicted octanol–water partition coefficient (Wildman–Crippen LogP) is 12.0. The molecule has 0 saturated carbocycles. The van der Waals surface area contributed by atoms with Crippen LogP contribution in [0.3, 0.4) is 0 Å². The molecule has 394 valence electrons. The minimum Gasteiger partial charge on any atom is -0.748 e. The summed E-state index contributed by atoms with van der Waals surface area (Å²) in [5, 5.41) is 4.67. The van der Waals surface area contributed by atoms with Gasteiger partial charge >= 0.3 is 0 Å². The number of nitrogens with one attached hydrogen (secondary N) is 1. The summed E-state index contributed by atoms with van der Waals surface area (Å²) in [4.78, 5) is 6.36. The maximum absolute atomic E-state index is 11.6. The molecule has 0 fully saturated rings. The molecule has 0 spiro atoms. The number of quaternary nitrogens is 1. The fraction of sp³-hybridized carbons (Fsp3) is 0.349. The molecule has 2 aliphatic heterocycles. The van der Waals surface area contributed by atoms with Crippen LogP contribution in [0.2, 0.25) is 0 Å². The van der Waals surface area contributed by atoms with Gasteiger partial charge in [0.15, 0.2) is 5.71 Å². The molecular formula is C63H74N4O6S2. The summed E-state index contributed by atoms with van der Waals surface area (Å²) < 4.78 is 72.1. The fourth-order valence-corrected chi connectivity index (χ4v) is 12.8. The quantitative estimate of drug-likeness (QED) is 0.0482. The molecule has 0 aromatic heterocycles. The standard InChI is InChI=1S/C57H59N3O6S2.C6H15N/c1-56(2)51(58(37-15-17-39-67(61,62)63)49-33-29-41-19-11-13-25-47(41)53(49)56)35-31-43-27-28-44(55(43)60(45-21-7-5-8-22-45)46-23-9-6-10-24-46)32-36-52-57(3,4)54-48-26-14-12-20-42(48)30-34-50(54)59(52)38-16-18-40-68(64,65)66;1-4-7(5-2)6-3/h5-14,19-26,29-36H,15-18,27-28,37-40H2,1-4H3,(H-,61,62,63,64,65,66);4-6H2,1-3H3. The van der Waals surface area contributed by atoms with Crippen molar-refractivity contribution in [2.45, 2.75) is 97.8 Å². The van der Waals surface area contributed by atoms with Crippen LogP contribution in [0.1, 0.15) is 98.1 Å². The third kappa shape index (κ3) is 12.3. The lowest BCUT2D eigenvalue weighted by Gasteiger charge is -2.29. The summed E-state index contributed by atoms with van der Waals surface area (Å²) >= 11 is 0. The van der Waals surface area contributed by atoms with Gasteiger partial charge in [-0.15, -0.1) is 0 Å². The number of rotatable bonds is 19. The first-order chi connectivity index (χ1) is 35.9. The Morgan fingerprint density at radius 1 is 0.600 bits per heavy atom. The highest BCUT2D eigenvalue weighted by Crippen LogP contribution is 2.52. The van der Waals surface area contributed by atoms with Crippen LogP contribution in [0.15, 0.2) is 180 Å². The first-order valence-electron chi connectivity index (χ1n) is 26.8. The first-order valence-corrected chi connectivity index (χ1v) is 29.9. The largest absolute Gasteiger partial charge is 0.748 e. The predicted molar refractivity (Wildman–Crippen MR) is 308 cm³/mol. The van der Waals surface area contributed by atoms with Crippen LogP contribution < -0.4 is 14.7 Å². The van der Waals surface area contributed by atoms with Gasteiger partial charge in [-0.2, -0.15) is 4.58 Å². The van der Waals surface area contributed by atoms with Crippen molar-refractivity contribution in [2.24, 2.45) is 0 Å². The number of hydrogen-bond acceptors (Lipinski definition) is 8. The van der Waals surface area contributed by atoms with Gasteiger partial charge in [0.25, 0.3) is 0 Å². The highest BCUT2D eigenvalue weighted by atomic mass is 32.2. The minimum atomic E-state index is -4.33. The lowest BCUT2D eigenvalue weighted by Crippen LogP contribution is -3.11. The van der Waals surface area contributed by atoms with Crippen molar-refractivity contribution >= 4 is 70.2 Å². The number of benzene rings is 6. The normalized spacial score (nSPS) is 17.2. The van der Waals surface area contributed by atoms with E-state index in [-0.39, 0.29) is 24.3 Å². The molecule has 6 aromatic rings. The molecule has 6 aromatic carbocycles. The van der Waals surface area contributed by atoms with Crippen molar-refractivity contribution in [3.63, 3.8) is 0 Å². The van der Waals surface area contributed by atoms with Gasteiger partial charge in [0.2, 0.25) is 5.69 Å². The van der Waals surface area contributed by atoms with E-state index in [1.54, 1.807) is 4.90 Å². The Morgan fingerprint density at radius 3 is 1.69 bits per heavy atom. The zero-order chi connectivity index (χ0) is 53.5. The van der Waals surface area contributed by atoms with E-state index in [0.29, 0.717) is 25.9 Å². The van der Waals surface area contributed by atoms with Gasteiger partial charge in [0, 0.05) is 70.4 Å². The van der Waals surface area contributed by atoms with Crippen molar-refractivity contribution in [1.82, 2.24) is 0 Å². The zero-order valence-electron chi connectivity index (χ0n) is 44.8. The molecule has 75 heavy (non-hydrogen) atoms. The van der Waals surface area contributed by atoms with Crippen molar-refractivity contribution in [3.8, 4) is 0 Å². The third-order valence-corrected chi connectivity index (χ3v) is 17.0. The second-order valence-electron chi connectivity index (χ2n) is 21.0. The van der Waals surface area contributed by atoms with Gasteiger partial charge < -0.3 is 23.8 Å². The Kier molecular flexibility index (Phi) is 17.2. The summed E-state index contributed by atoms with van der Waals surface area (Å²) in [6.45, 7) is 20.7. The van der Waals surface area contributed by atoms with Crippen LogP contribution in [0.5, 0.6) is 0 Å². The molecular weight excluding hydrogens is 973 g/mol. The fourth-order valence-electron chi connectivity index (χ4n) is 11.6. The second-order valence-corrected chi connectivity index (χ2v) is 24.1. The lowest BCUT2D eigenvalue weighted by atomic mass is 9.79. The maximum atomic E-state index is 11.6. The van der Waals surface area contributed by atoms with Gasteiger partial charge in [-0.3, -0.25) is 0 Å².